The van der Waals surface area contributed by atoms with Gasteiger partial charge in [0.05, 0.1) is 0 Å². The Labute approximate surface area is 133 Å². The van der Waals surface area contributed by atoms with Crippen molar-refractivity contribution in [2.45, 2.75) is 0 Å². The van der Waals surface area contributed by atoms with Crippen molar-refractivity contribution >= 4 is 87.1 Å². The zero-order valence-electron chi connectivity index (χ0n) is 2.32. The van der Waals surface area contributed by atoms with E-state index in [-0.39, 0.29) is 134 Å². The van der Waals surface area contributed by atoms with Gasteiger partial charge in [-0.05, 0) is 0 Å². The Morgan fingerprint density at radius 3 is 1.14 bits per heavy atom. The van der Waals surface area contributed by atoms with Crippen LogP contribution in [-0.4, -0.2) is 87.1 Å². The average molecular weight is 673 g/mol. The second kappa shape index (κ2) is 48.6. The van der Waals surface area contributed by atoms with Crippen LogP contribution in [-0.2, 0) is 49.5 Å². The second-order valence-electron chi connectivity index (χ2n) is 0. The first-order valence-corrected chi connectivity index (χ1v) is 1.79. The van der Waals surface area contributed by atoms with E-state index in [9.17, 15) is 0 Å². The van der Waals surface area contributed by atoms with Gasteiger partial charge in [-0.15, -0.1) is 0 Å². The van der Waals surface area contributed by atoms with Crippen molar-refractivity contribution < 1.29 is 49.5 Å². The number of rotatable bonds is 0. The molecule has 36 valence electrons. The Morgan fingerprint density at radius 1 is 1.14 bits per heavy atom. The molecular weight excluding hydrogens is 662 g/mol. The fourth-order valence-corrected chi connectivity index (χ4v) is 0. The molecule has 0 atom stereocenters. The molecule has 0 aromatic heterocycles. The molecule has 0 aliphatic rings. The summed E-state index contributed by atoms with van der Waals surface area (Å²) < 4.78 is 8.39. The van der Waals surface area contributed by atoms with Crippen molar-refractivity contribution in [3.05, 3.63) is 0 Å². The van der Waals surface area contributed by atoms with E-state index in [0.717, 1.165) is 0 Å². The molecule has 0 aromatic carbocycles. The van der Waals surface area contributed by atoms with Crippen LogP contribution in [0.1, 0.15) is 0 Å². The molecule has 0 heterocycles. The third-order valence-corrected chi connectivity index (χ3v) is 0. The van der Waals surface area contributed by atoms with Gasteiger partial charge in [-0.2, -0.15) is 0 Å². The monoisotopic (exact) mass is 676 g/mol. The van der Waals surface area contributed by atoms with Crippen LogP contribution in [0.2, 0.25) is 0 Å². The topological polar surface area (TPSA) is 17.1 Å². The standard InChI is InChI=1S/Cd.Ga.GeH4.O.Pb.Sn.Zn.7H/h;;1H4;;;;;;;;;;;. The quantitative estimate of drug-likeness (QED) is 0.237. The third kappa shape index (κ3) is 38.6. The molecular formula is H11CdGaGeOPbSnZn. The predicted octanol–water partition coefficient (Wildman–Crippen LogP) is -4.59. The zero-order valence-corrected chi connectivity index (χ0v) is 13.2. The summed E-state index contributed by atoms with van der Waals surface area (Å²) >= 11 is 0.0556. The Hall–Kier alpha value is 4.25. The summed E-state index contributed by atoms with van der Waals surface area (Å²) in [5.74, 6) is 0. The Balaban J connectivity index is -0.000000000500. The van der Waals surface area contributed by atoms with Gasteiger partial charge in [-0.25, -0.2) is 0 Å². The van der Waals surface area contributed by atoms with Crippen LogP contribution < -0.4 is 0 Å². The largest absolute Gasteiger partial charge is 0 e. The van der Waals surface area contributed by atoms with E-state index in [1.807, 2.05) is 0 Å². The summed E-state index contributed by atoms with van der Waals surface area (Å²) in [5.41, 5.74) is 0. The van der Waals surface area contributed by atoms with Gasteiger partial charge in [-0.1, -0.05) is 0 Å². The summed E-state index contributed by atoms with van der Waals surface area (Å²) in [6.45, 7) is 0. The van der Waals surface area contributed by atoms with E-state index in [1.165, 1.54) is 0 Å². The van der Waals surface area contributed by atoms with Crippen molar-refractivity contribution in [2.75, 3.05) is 0 Å². The molecule has 0 N–H and O–H groups in total. The van der Waals surface area contributed by atoms with E-state index >= 15 is 0 Å². The smallest absolute Gasteiger partial charge is 0 e. The molecule has 0 fully saturated rings. The molecule has 0 unspecified atom stereocenters. The van der Waals surface area contributed by atoms with Gasteiger partial charge in [0.15, 0.2) is 0 Å². The first kappa shape index (κ1) is 42.9. The van der Waals surface area contributed by atoms with Crippen LogP contribution in [0, 0.1) is 0 Å². The maximum Gasteiger partial charge on any atom is 0 e. The minimum atomic E-state index is 0. The van der Waals surface area contributed by atoms with Crippen molar-refractivity contribution in [1.29, 1.82) is 0 Å². The van der Waals surface area contributed by atoms with Crippen LogP contribution in [0.5, 0.6) is 0 Å². The van der Waals surface area contributed by atoms with Gasteiger partial charge >= 0.3 is 89.8 Å². The molecule has 7 heavy (non-hydrogen) atoms. The molecule has 0 aliphatic heterocycles. The van der Waals surface area contributed by atoms with Crippen LogP contribution in [0.4, 0.5) is 0 Å². The molecule has 0 bridgehead atoms. The minimum absolute atomic E-state index is 0. The van der Waals surface area contributed by atoms with Gasteiger partial charge in [0.2, 0.25) is 0 Å². The minimum Gasteiger partial charge on any atom is 0 e. The van der Waals surface area contributed by atoms with Crippen molar-refractivity contribution in [3.63, 3.8) is 0 Å². The summed E-state index contributed by atoms with van der Waals surface area (Å²) in [6, 6.07) is 0. The molecule has 0 amide bonds. The molecule has 0 saturated heterocycles. The third-order valence-electron chi connectivity index (χ3n) is 0. The van der Waals surface area contributed by atoms with E-state index in [4.69, 9.17) is 2.69 Å². The van der Waals surface area contributed by atoms with Gasteiger partial charge in [0, 0.05) is 46.8 Å². The first-order chi connectivity index (χ1) is 1.00. The summed E-state index contributed by atoms with van der Waals surface area (Å²) in [6.07, 6.45) is 0. The van der Waals surface area contributed by atoms with Gasteiger partial charge in [0.25, 0.3) is 0 Å². The van der Waals surface area contributed by atoms with Crippen LogP contribution >= 0.6 is 0 Å². The van der Waals surface area contributed by atoms with Crippen LogP contribution in [0.15, 0.2) is 0 Å². The molecule has 7 heteroatoms. The van der Waals surface area contributed by atoms with Gasteiger partial charge in [0.1, 0.15) is 0 Å². The predicted molar refractivity (Wildman–Crippen MR) is 39.0 cm³/mol. The number of hydrogen-bond donors (Lipinski definition) is 0. The van der Waals surface area contributed by atoms with Crippen molar-refractivity contribution in [2.24, 2.45) is 0 Å². The molecule has 0 saturated carbocycles. The van der Waals surface area contributed by atoms with Crippen LogP contribution in [0.25, 0.3) is 0 Å². The average Bonchev–Trinajstić information content (AvgIpc) is 1.00. The molecule has 0 spiro atoms. The normalized spacial score (nSPS) is 0.571. The number of hydrogen-bond acceptors (Lipinski definition) is 1. The van der Waals surface area contributed by atoms with E-state index in [0.29, 0.717) is 0 Å². The Morgan fingerprint density at radius 2 is 1.14 bits per heavy atom. The van der Waals surface area contributed by atoms with Gasteiger partial charge < -0.3 is 0 Å². The van der Waals surface area contributed by atoms with E-state index in [2.05, 4.69) is 0 Å². The maximum atomic E-state index is 8.39. The SMILES string of the molecule is [Cd].[GaH3].[GeH4].[O]=[Pb].[SnH4].[Zn]. The molecule has 2 radical (unpaired) electrons. The van der Waals surface area contributed by atoms with E-state index in [1.54, 1.807) is 0 Å². The fourth-order valence-electron chi connectivity index (χ4n) is 0. The molecule has 0 aromatic rings. The maximum absolute atomic E-state index is 8.39. The zero-order chi connectivity index (χ0) is 2.00. The Bertz CT molecular complexity index is 19.7. The molecule has 1 nitrogen and oxygen atoms in total. The van der Waals surface area contributed by atoms with Gasteiger partial charge in [-0.3, -0.25) is 0 Å². The summed E-state index contributed by atoms with van der Waals surface area (Å²) in [4.78, 5) is 0. The second-order valence-corrected chi connectivity index (χ2v) is 0. The molecule has 0 aliphatic carbocycles. The fraction of sp³-hybridized carbons (Fsp3) is 0. The summed E-state index contributed by atoms with van der Waals surface area (Å²) in [7, 11) is 0. The van der Waals surface area contributed by atoms with Crippen molar-refractivity contribution in [3.8, 4) is 0 Å². The first-order valence-electron chi connectivity index (χ1n) is 0.204. The van der Waals surface area contributed by atoms with E-state index < -0.39 is 0 Å². The summed E-state index contributed by atoms with van der Waals surface area (Å²) in [5, 5.41) is 0. The van der Waals surface area contributed by atoms with Crippen LogP contribution in [0.3, 0.4) is 0 Å². The van der Waals surface area contributed by atoms with Crippen molar-refractivity contribution in [1.82, 2.24) is 0 Å². The Kier molecular flexibility index (Phi) is 298. The molecule has 0 rings (SSSR count).